The SMILES string of the molecule is C[C@](Cc1ccccc1)(CC(F)(F)F)NC(=O)c1cnc2c(F)cccc2c1.S. The molecule has 0 aliphatic heterocycles. The topological polar surface area (TPSA) is 42.0 Å². The number of hydrogen-bond donors (Lipinski definition) is 1. The first-order chi connectivity index (χ1) is 13.2. The number of aromatic nitrogens is 1. The Morgan fingerprint density at radius 2 is 1.76 bits per heavy atom. The molecule has 3 nitrogen and oxygen atoms in total. The molecule has 1 amide bonds. The maximum absolute atomic E-state index is 13.7. The van der Waals surface area contributed by atoms with E-state index in [0.29, 0.717) is 10.9 Å². The van der Waals surface area contributed by atoms with E-state index in [2.05, 4.69) is 10.3 Å². The van der Waals surface area contributed by atoms with Crippen LogP contribution in [-0.4, -0.2) is 22.6 Å². The maximum Gasteiger partial charge on any atom is 0.391 e. The Morgan fingerprint density at radius 3 is 2.41 bits per heavy atom. The lowest BCUT2D eigenvalue weighted by Crippen LogP contribution is -2.50. The van der Waals surface area contributed by atoms with E-state index in [9.17, 15) is 22.4 Å². The van der Waals surface area contributed by atoms with Gasteiger partial charge < -0.3 is 5.32 Å². The molecule has 3 rings (SSSR count). The van der Waals surface area contributed by atoms with E-state index in [4.69, 9.17) is 0 Å². The predicted octanol–water partition coefficient (Wildman–Crippen LogP) is 5.17. The van der Waals surface area contributed by atoms with Gasteiger partial charge in [0.25, 0.3) is 5.91 Å². The van der Waals surface area contributed by atoms with Crippen molar-refractivity contribution in [2.45, 2.75) is 31.5 Å². The second-order valence-electron chi connectivity index (χ2n) is 7.00. The maximum atomic E-state index is 13.7. The molecular formula is C21H20F4N2OS. The van der Waals surface area contributed by atoms with E-state index >= 15 is 0 Å². The third kappa shape index (κ3) is 5.93. The fraction of sp³-hybridized carbons (Fsp3) is 0.238. The highest BCUT2D eigenvalue weighted by atomic mass is 32.1. The van der Waals surface area contributed by atoms with Crippen LogP contribution in [0.15, 0.2) is 60.8 Å². The van der Waals surface area contributed by atoms with Gasteiger partial charge in [0.15, 0.2) is 0 Å². The van der Waals surface area contributed by atoms with Gasteiger partial charge in [0.1, 0.15) is 11.3 Å². The average Bonchev–Trinajstić information content (AvgIpc) is 2.60. The Kier molecular flexibility index (Phi) is 6.89. The molecule has 1 atom stereocenters. The van der Waals surface area contributed by atoms with Crippen molar-refractivity contribution < 1.29 is 22.4 Å². The number of fused-ring (bicyclic) bond motifs is 1. The third-order valence-corrected chi connectivity index (χ3v) is 4.37. The van der Waals surface area contributed by atoms with Gasteiger partial charge in [0.05, 0.1) is 17.5 Å². The van der Waals surface area contributed by atoms with Gasteiger partial charge in [-0.05, 0) is 31.0 Å². The minimum absolute atomic E-state index is 0. The molecule has 0 saturated heterocycles. The van der Waals surface area contributed by atoms with Crippen LogP contribution in [0.4, 0.5) is 17.6 Å². The number of rotatable bonds is 5. The fourth-order valence-electron chi connectivity index (χ4n) is 3.23. The Labute approximate surface area is 172 Å². The van der Waals surface area contributed by atoms with Crippen LogP contribution in [0.5, 0.6) is 0 Å². The summed E-state index contributed by atoms with van der Waals surface area (Å²) < 4.78 is 53.2. The number of pyridine rings is 1. The minimum atomic E-state index is -4.46. The summed E-state index contributed by atoms with van der Waals surface area (Å²) in [6.07, 6.45) is -4.47. The van der Waals surface area contributed by atoms with Crippen molar-refractivity contribution in [3.05, 3.63) is 77.7 Å². The number of halogens is 4. The molecule has 154 valence electrons. The Morgan fingerprint density at radius 1 is 1.07 bits per heavy atom. The first-order valence-corrected chi connectivity index (χ1v) is 8.63. The van der Waals surface area contributed by atoms with Crippen LogP contribution in [0.25, 0.3) is 10.9 Å². The van der Waals surface area contributed by atoms with Crippen LogP contribution in [0, 0.1) is 5.82 Å². The monoisotopic (exact) mass is 424 g/mol. The summed E-state index contributed by atoms with van der Waals surface area (Å²) in [6, 6.07) is 14.4. The summed E-state index contributed by atoms with van der Waals surface area (Å²) in [4.78, 5) is 16.6. The quantitative estimate of drug-likeness (QED) is 0.574. The molecule has 29 heavy (non-hydrogen) atoms. The second-order valence-corrected chi connectivity index (χ2v) is 7.00. The molecule has 0 fully saturated rings. The van der Waals surface area contributed by atoms with Crippen LogP contribution in [0.3, 0.4) is 0 Å². The lowest BCUT2D eigenvalue weighted by atomic mass is 9.88. The molecule has 3 aromatic rings. The third-order valence-electron chi connectivity index (χ3n) is 4.37. The Hall–Kier alpha value is -2.61. The molecule has 0 aliphatic carbocycles. The van der Waals surface area contributed by atoms with Gasteiger partial charge in [0, 0.05) is 11.6 Å². The largest absolute Gasteiger partial charge is 0.391 e. The summed E-state index contributed by atoms with van der Waals surface area (Å²) >= 11 is 0. The van der Waals surface area contributed by atoms with Crippen molar-refractivity contribution in [3.63, 3.8) is 0 Å². The Balaban J connectivity index is 0.00000300. The summed E-state index contributed by atoms with van der Waals surface area (Å²) in [5.74, 6) is -1.23. The lowest BCUT2D eigenvalue weighted by molar-refractivity contribution is -0.147. The van der Waals surface area contributed by atoms with Crippen molar-refractivity contribution in [2.75, 3.05) is 0 Å². The molecule has 1 heterocycles. The summed E-state index contributed by atoms with van der Waals surface area (Å²) in [7, 11) is 0. The Bertz CT molecular complexity index is 995. The van der Waals surface area contributed by atoms with Crippen LogP contribution < -0.4 is 5.32 Å². The molecule has 0 unspecified atom stereocenters. The molecule has 0 bridgehead atoms. The van der Waals surface area contributed by atoms with Crippen LogP contribution >= 0.6 is 13.5 Å². The summed E-state index contributed by atoms with van der Waals surface area (Å²) in [5.41, 5.74) is -0.706. The van der Waals surface area contributed by atoms with Gasteiger partial charge in [-0.2, -0.15) is 26.7 Å². The standard InChI is InChI=1S/C21H18F4N2O.H2S/c1-20(13-21(23,24)25,11-14-6-3-2-4-7-14)27-19(28)16-10-15-8-5-9-17(22)18(15)26-12-16;/h2-10,12H,11,13H2,1H3,(H,27,28);1H2/t20-;/m0./s1. The van der Waals surface area contributed by atoms with Crippen molar-refractivity contribution >= 4 is 30.3 Å². The van der Waals surface area contributed by atoms with Crippen molar-refractivity contribution in [1.29, 1.82) is 0 Å². The van der Waals surface area contributed by atoms with Crippen molar-refractivity contribution in [1.82, 2.24) is 10.3 Å². The first-order valence-electron chi connectivity index (χ1n) is 8.63. The van der Waals surface area contributed by atoms with Crippen molar-refractivity contribution in [3.8, 4) is 0 Å². The summed E-state index contributed by atoms with van der Waals surface area (Å²) in [6.45, 7) is 1.36. The molecule has 8 heteroatoms. The molecule has 1 aromatic heterocycles. The predicted molar refractivity (Wildman–Crippen MR) is 109 cm³/mol. The first kappa shape index (κ1) is 22.7. The normalized spacial score (nSPS) is 13.4. The van der Waals surface area contributed by atoms with E-state index in [0.717, 1.165) is 6.20 Å². The number of hydrogen-bond acceptors (Lipinski definition) is 2. The average molecular weight is 424 g/mol. The van der Waals surface area contributed by atoms with E-state index < -0.39 is 29.9 Å². The smallest absolute Gasteiger partial charge is 0.346 e. The van der Waals surface area contributed by atoms with Gasteiger partial charge in [0.2, 0.25) is 0 Å². The van der Waals surface area contributed by atoms with Gasteiger partial charge >= 0.3 is 6.18 Å². The van der Waals surface area contributed by atoms with Crippen molar-refractivity contribution in [2.24, 2.45) is 0 Å². The van der Waals surface area contributed by atoms with E-state index in [1.807, 2.05) is 0 Å². The van der Waals surface area contributed by atoms with Crippen LogP contribution in [0.2, 0.25) is 0 Å². The molecule has 1 N–H and O–H groups in total. The van der Waals surface area contributed by atoms with Gasteiger partial charge in [-0.3, -0.25) is 9.78 Å². The number of alkyl halides is 3. The molecule has 2 aromatic carbocycles. The number of nitrogens with zero attached hydrogens (tertiary/aromatic N) is 1. The minimum Gasteiger partial charge on any atom is -0.346 e. The highest BCUT2D eigenvalue weighted by Gasteiger charge is 2.40. The number of benzene rings is 2. The molecule has 0 saturated carbocycles. The lowest BCUT2D eigenvalue weighted by Gasteiger charge is -2.32. The fourth-order valence-corrected chi connectivity index (χ4v) is 3.23. The van der Waals surface area contributed by atoms with E-state index in [1.54, 1.807) is 36.4 Å². The van der Waals surface area contributed by atoms with Crippen LogP contribution in [0.1, 0.15) is 29.3 Å². The van der Waals surface area contributed by atoms with Gasteiger partial charge in [-0.15, -0.1) is 0 Å². The van der Waals surface area contributed by atoms with E-state index in [1.165, 1.54) is 25.1 Å². The number of para-hydroxylation sites is 1. The molecule has 0 spiro atoms. The van der Waals surface area contributed by atoms with Gasteiger partial charge in [-0.1, -0.05) is 42.5 Å². The molecule has 0 radical (unpaired) electrons. The zero-order valence-corrected chi connectivity index (χ0v) is 16.6. The molecular weight excluding hydrogens is 404 g/mol. The summed E-state index contributed by atoms with van der Waals surface area (Å²) in [5, 5.41) is 2.90. The number of carbonyl (C=O) groups excluding carboxylic acids is 1. The van der Waals surface area contributed by atoms with Gasteiger partial charge in [-0.25, -0.2) is 4.39 Å². The highest BCUT2D eigenvalue weighted by molar-refractivity contribution is 7.59. The van der Waals surface area contributed by atoms with Crippen LogP contribution in [-0.2, 0) is 6.42 Å². The number of nitrogens with one attached hydrogen (secondary N) is 1. The van der Waals surface area contributed by atoms with E-state index in [-0.39, 0.29) is 31.0 Å². The highest BCUT2D eigenvalue weighted by Crippen LogP contribution is 2.30. The second kappa shape index (κ2) is 8.82. The molecule has 0 aliphatic rings. The number of carbonyl (C=O) groups is 1. The number of amides is 1. The zero-order chi connectivity index (χ0) is 20.4. The zero-order valence-electron chi connectivity index (χ0n) is 15.6.